The van der Waals surface area contributed by atoms with Gasteiger partial charge in [0.05, 0.1) is 0 Å². The van der Waals surface area contributed by atoms with Gasteiger partial charge in [0.25, 0.3) is 0 Å². The Bertz CT molecular complexity index is 542. The average molecular weight is 241 g/mol. The Hall–Kier alpha value is -1.83. The highest BCUT2D eigenvalue weighted by Gasteiger charge is 2.09. The number of hydrogen-bond donors (Lipinski definition) is 0. The second kappa shape index (κ2) is 5.67. The molecule has 0 aliphatic carbocycles. The molecule has 0 bridgehead atoms. The van der Waals surface area contributed by atoms with Gasteiger partial charge in [-0.25, -0.2) is 0 Å². The third kappa shape index (κ3) is 2.70. The topological polar surface area (TPSA) is 20.3 Å². The van der Waals surface area contributed by atoms with Gasteiger partial charge in [0, 0.05) is 20.0 Å². The maximum atomic E-state index is 11.8. The zero-order chi connectivity index (χ0) is 13.0. The summed E-state index contributed by atoms with van der Waals surface area (Å²) < 4.78 is 0. The number of hydrogen-bond acceptors (Lipinski definition) is 1. The van der Waals surface area contributed by atoms with E-state index >= 15 is 0 Å². The van der Waals surface area contributed by atoms with E-state index in [9.17, 15) is 4.79 Å². The van der Waals surface area contributed by atoms with Crippen molar-refractivity contribution in [3.05, 3.63) is 48.0 Å². The van der Waals surface area contributed by atoms with E-state index in [1.807, 2.05) is 31.0 Å². The lowest BCUT2D eigenvalue weighted by Gasteiger charge is -2.18. The second-order valence-corrected chi connectivity index (χ2v) is 4.64. The Kier molecular flexibility index (Phi) is 3.98. The van der Waals surface area contributed by atoms with Crippen LogP contribution in [0, 0.1) is 0 Å². The number of carbonyl (C=O) groups is 1. The Labute approximate surface area is 108 Å². The Morgan fingerprint density at radius 3 is 2.61 bits per heavy atom. The molecule has 0 fully saturated rings. The van der Waals surface area contributed by atoms with Crippen LogP contribution in [0.2, 0.25) is 0 Å². The second-order valence-electron chi connectivity index (χ2n) is 4.64. The molecule has 0 spiro atoms. The van der Waals surface area contributed by atoms with Crippen LogP contribution in [0.3, 0.4) is 0 Å². The molecule has 0 aliphatic heterocycles. The summed E-state index contributed by atoms with van der Waals surface area (Å²) >= 11 is 0. The Balaban J connectivity index is 2.24. The maximum absolute atomic E-state index is 11.8. The number of benzene rings is 2. The van der Waals surface area contributed by atoms with E-state index < -0.39 is 0 Å². The number of amides is 1. The third-order valence-corrected chi connectivity index (χ3v) is 3.18. The Morgan fingerprint density at radius 2 is 1.83 bits per heavy atom. The van der Waals surface area contributed by atoms with Crippen molar-refractivity contribution in [2.45, 2.75) is 26.3 Å². The zero-order valence-electron chi connectivity index (χ0n) is 11.0. The zero-order valence-corrected chi connectivity index (χ0v) is 11.0. The van der Waals surface area contributed by atoms with Gasteiger partial charge in [-0.1, -0.05) is 49.4 Å². The van der Waals surface area contributed by atoms with Crippen LogP contribution in [-0.2, 0) is 11.3 Å². The molecule has 2 aromatic rings. The van der Waals surface area contributed by atoms with Gasteiger partial charge in [-0.3, -0.25) is 4.79 Å². The lowest BCUT2D eigenvalue weighted by atomic mass is 10.0. The first-order valence-electron chi connectivity index (χ1n) is 6.43. The van der Waals surface area contributed by atoms with Crippen molar-refractivity contribution in [3.8, 4) is 0 Å². The first-order chi connectivity index (χ1) is 8.72. The lowest BCUT2D eigenvalue weighted by Crippen LogP contribution is -2.25. The molecule has 18 heavy (non-hydrogen) atoms. The first kappa shape index (κ1) is 12.6. The van der Waals surface area contributed by atoms with Gasteiger partial charge in [0.15, 0.2) is 0 Å². The molecule has 0 saturated carbocycles. The number of carbonyl (C=O) groups excluding carboxylic acids is 1. The Morgan fingerprint density at radius 1 is 1.11 bits per heavy atom. The molecule has 1 amide bonds. The van der Waals surface area contributed by atoms with E-state index in [4.69, 9.17) is 0 Å². The van der Waals surface area contributed by atoms with Crippen molar-refractivity contribution in [3.63, 3.8) is 0 Å². The highest BCUT2D eigenvalue weighted by Crippen LogP contribution is 2.19. The highest BCUT2D eigenvalue weighted by molar-refractivity contribution is 5.86. The van der Waals surface area contributed by atoms with Gasteiger partial charge in [-0.05, 0) is 22.8 Å². The normalized spacial score (nSPS) is 10.6. The average Bonchev–Trinajstić information content (AvgIpc) is 2.39. The van der Waals surface area contributed by atoms with E-state index in [1.54, 1.807) is 0 Å². The van der Waals surface area contributed by atoms with Crippen LogP contribution >= 0.6 is 0 Å². The molecule has 0 radical (unpaired) electrons. The van der Waals surface area contributed by atoms with Crippen LogP contribution in [-0.4, -0.2) is 17.9 Å². The molecular weight excluding hydrogens is 222 g/mol. The van der Waals surface area contributed by atoms with Gasteiger partial charge < -0.3 is 4.90 Å². The van der Waals surface area contributed by atoms with Crippen LogP contribution in [0.15, 0.2) is 42.5 Å². The lowest BCUT2D eigenvalue weighted by molar-refractivity contribution is -0.130. The van der Waals surface area contributed by atoms with Crippen molar-refractivity contribution in [2.24, 2.45) is 0 Å². The SMILES string of the molecule is CCCC(=O)N(C)Cc1cccc2ccccc12. The molecule has 0 saturated heterocycles. The van der Waals surface area contributed by atoms with Crippen molar-refractivity contribution in [1.82, 2.24) is 4.90 Å². The fraction of sp³-hybridized carbons (Fsp3) is 0.312. The fourth-order valence-corrected chi connectivity index (χ4v) is 2.18. The standard InChI is InChI=1S/C16H19NO/c1-3-7-16(18)17(2)12-14-10-6-9-13-8-4-5-11-15(13)14/h4-6,8-11H,3,7,12H2,1-2H3. The summed E-state index contributed by atoms with van der Waals surface area (Å²) in [7, 11) is 1.87. The quantitative estimate of drug-likeness (QED) is 0.801. The van der Waals surface area contributed by atoms with Crippen molar-refractivity contribution in [2.75, 3.05) is 7.05 Å². The van der Waals surface area contributed by atoms with Crippen molar-refractivity contribution >= 4 is 16.7 Å². The first-order valence-corrected chi connectivity index (χ1v) is 6.43. The van der Waals surface area contributed by atoms with Crippen LogP contribution < -0.4 is 0 Å². The summed E-state index contributed by atoms with van der Waals surface area (Å²) in [6.45, 7) is 2.71. The van der Waals surface area contributed by atoms with E-state index in [-0.39, 0.29) is 5.91 Å². The molecule has 94 valence electrons. The van der Waals surface area contributed by atoms with Crippen LogP contribution in [0.4, 0.5) is 0 Å². The molecule has 2 aromatic carbocycles. The molecular formula is C16H19NO. The van der Waals surface area contributed by atoms with Gasteiger partial charge in [0.1, 0.15) is 0 Å². The van der Waals surface area contributed by atoms with Gasteiger partial charge in [-0.15, -0.1) is 0 Å². The molecule has 2 rings (SSSR count). The van der Waals surface area contributed by atoms with E-state index in [1.165, 1.54) is 16.3 Å². The van der Waals surface area contributed by atoms with Crippen molar-refractivity contribution < 1.29 is 4.79 Å². The summed E-state index contributed by atoms with van der Waals surface area (Å²) in [4.78, 5) is 13.6. The number of fused-ring (bicyclic) bond motifs is 1. The smallest absolute Gasteiger partial charge is 0.222 e. The van der Waals surface area contributed by atoms with E-state index in [2.05, 4.69) is 30.3 Å². The van der Waals surface area contributed by atoms with Gasteiger partial charge in [0.2, 0.25) is 5.91 Å². The summed E-state index contributed by atoms with van der Waals surface area (Å²) in [5.41, 5.74) is 1.21. The van der Waals surface area contributed by atoms with Crippen molar-refractivity contribution in [1.29, 1.82) is 0 Å². The minimum absolute atomic E-state index is 0.213. The summed E-state index contributed by atoms with van der Waals surface area (Å²) in [6.07, 6.45) is 1.53. The predicted molar refractivity (Wildman–Crippen MR) is 75.3 cm³/mol. The highest BCUT2D eigenvalue weighted by atomic mass is 16.2. The van der Waals surface area contributed by atoms with E-state index in [0.717, 1.165) is 6.42 Å². The van der Waals surface area contributed by atoms with Gasteiger partial charge >= 0.3 is 0 Å². The molecule has 0 unspecified atom stereocenters. The maximum Gasteiger partial charge on any atom is 0.222 e. The fourth-order valence-electron chi connectivity index (χ4n) is 2.18. The summed E-state index contributed by atoms with van der Waals surface area (Å²) in [5.74, 6) is 0.213. The molecule has 0 aliphatic rings. The summed E-state index contributed by atoms with van der Waals surface area (Å²) in [5, 5.41) is 2.46. The van der Waals surface area contributed by atoms with Crippen LogP contribution in [0.1, 0.15) is 25.3 Å². The minimum atomic E-state index is 0.213. The predicted octanol–water partition coefficient (Wildman–Crippen LogP) is 3.60. The number of rotatable bonds is 4. The molecule has 2 nitrogen and oxygen atoms in total. The number of nitrogens with zero attached hydrogens (tertiary/aromatic N) is 1. The molecule has 0 heterocycles. The molecule has 0 aromatic heterocycles. The molecule has 0 atom stereocenters. The monoisotopic (exact) mass is 241 g/mol. The largest absolute Gasteiger partial charge is 0.341 e. The van der Waals surface area contributed by atoms with Gasteiger partial charge in [-0.2, -0.15) is 0 Å². The minimum Gasteiger partial charge on any atom is -0.341 e. The van der Waals surface area contributed by atoms with E-state index in [0.29, 0.717) is 13.0 Å². The van der Waals surface area contributed by atoms with Crippen LogP contribution in [0.25, 0.3) is 10.8 Å². The third-order valence-electron chi connectivity index (χ3n) is 3.18. The van der Waals surface area contributed by atoms with Crippen LogP contribution in [0.5, 0.6) is 0 Å². The summed E-state index contributed by atoms with van der Waals surface area (Å²) in [6, 6.07) is 14.5. The molecule has 2 heteroatoms. The molecule has 0 N–H and O–H groups in total.